The molecule has 2 aliphatic heterocycles. The van der Waals surface area contributed by atoms with E-state index in [-0.39, 0.29) is 12.1 Å². The van der Waals surface area contributed by atoms with Gasteiger partial charge in [-0.15, -0.1) is 0 Å². The second-order valence-electron chi connectivity index (χ2n) is 5.31. The second kappa shape index (κ2) is 4.41. The molecule has 92 valence electrons. The molecule has 0 aliphatic carbocycles. The van der Waals surface area contributed by atoms with Crippen LogP contribution >= 0.6 is 0 Å². The molecule has 2 heterocycles. The Morgan fingerprint density at radius 2 is 2.12 bits per heavy atom. The normalized spacial score (nSPS) is 30.5. The van der Waals surface area contributed by atoms with Gasteiger partial charge in [-0.1, -0.05) is 24.3 Å². The topological polar surface area (TPSA) is 35.5 Å². The molecule has 0 saturated carbocycles. The maximum absolute atomic E-state index is 9.67. The van der Waals surface area contributed by atoms with Gasteiger partial charge in [-0.25, -0.2) is 0 Å². The summed E-state index contributed by atoms with van der Waals surface area (Å²) in [7, 11) is 0. The molecule has 1 fully saturated rings. The van der Waals surface area contributed by atoms with Crippen LogP contribution < -0.4 is 5.32 Å². The number of rotatable bonds is 1. The number of piperazine rings is 1. The maximum Gasteiger partial charge on any atom is 0.0677 e. The highest BCUT2D eigenvalue weighted by Crippen LogP contribution is 2.25. The van der Waals surface area contributed by atoms with Gasteiger partial charge in [-0.3, -0.25) is 4.90 Å². The highest BCUT2D eigenvalue weighted by molar-refractivity contribution is 5.30. The van der Waals surface area contributed by atoms with Crippen molar-refractivity contribution in [2.24, 2.45) is 0 Å². The number of benzene rings is 1. The third-order valence-corrected chi connectivity index (χ3v) is 4.09. The summed E-state index contributed by atoms with van der Waals surface area (Å²) in [5.41, 5.74) is 2.95. The monoisotopic (exact) mass is 232 g/mol. The van der Waals surface area contributed by atoms with Crippen LogP contribution in [0.4, 0.5) is 0 Å². The third kappa shape index (κ3) is 2.10. The molecule has 2 N–H and O–H groups in total. The molecule has 0 amide bonds. The zero-order valence-corrected chi connectivity index (χ0v) is 10.3. The first-order chi connectivity index (χ1) is 8.24. The molecule has 2 aliphatic rings. The van der Waals surface area contributed by atoms with Crippen molar-refractivity contribution in [3.8, 4) is 0 Å². The molecule has 17 heavy (non-hydrogen) atoms. The fourth-order valence-corrected chi connectivity index (χ4v) is 2.98. The van der Waals surface area contributed by atoms with E-state index in [2.05, 4.69) is 34.5 Å². The minimum atomic E-state index is -0.270. The Morgan fingerprint density at radius 3 is 2.88 bits per heavy atom. The lowest BCUT2D eigenvalue weighted by molar-refractivity contribution is 0.0523. The third-order valence-electron chi connectivity index (χ3n) is 4.09. The Bertz CT molecular complexity index is 405. The Labute approximate surface area is 102 Å². The van der Waals surface area contributed by atoms with Gasteiger partial charge in [0.1, 0.15) is 0 Å². The van der Waals surface area contributed by atoms with E-state index in [0.717, 1.165) is 26.1 Å². The fraction of sp³-hybridized carbons (Fsp3) is 0.571. The van der Waals surface area contributed by atoms with Crippen molar-refractivity contribution in [2.75, 3.05) is 13.1 Å². The highest BCUT2D eigenvalue weighted by Gasteiger charge is 2.33. The smallest absolute Gasteiger partial charge is 0.0677 e. The zero-order valence-electron chi connectivity index (χ0n) is 10.3. The van der Waals surface area contributed by atoms with E-state index >= 15 is 0 Å². The Hall–Kier alpha value is -0.900. The van der Waals surface area contributed by atoms with Crippen LogP contribution in [-0.2, 0) is 13.0 Å². The minimum absolute atomic E-state index is 0.219. The van der Waals surface area contributed by atoms with Gasteiger partial charge in [0.05, 0.1) is 6.10 Å². The SMILES string of the molecule is C[C@H](O)[C@@H]1CN2Cc3ccccc3C[C@@H]2CN1. The number of fused-ring (bicyclic) bond motifs is 2. The summed E-state index contributed by atoms with van der Waals surface area (Å²) < 4.78 is 0. The van der Waals surface area contributed by atoms with Crippen molar-refractivity contribution in [3.63, 3.8) is 0 Å². The van der Waals surface area contributed by atoms with Crippen molar-refractivity contribution in [3.05, 3.63) is 35.4 Å². The molecule has 0 bridgehead atoms. The fourth-order valence-electron chi connectivity index (χ4n) is 2.98. The summed E-state index contributed by atoms with van der Waals surface area (Å²) in [6, 6.07) is 9.53. The first kappa shape index (κ1) is 11.2. The van der Waals surface area contributed by atoms with Crippen molar-refractivity contribution in [1.29, 1.82) is 0 Å². The Kier molecular flexibility index (Phi) is 2.90. The minimum Gasteiger partial charge on any atom is -0.392 e. The van der Waals surface area contributed by atoms with Crippen LogP contribution in [0.25, 0.3) is 0 Å². The molecule has 0 spiro atoms. The summed E-state index contributed by atoms with van der Waals surface area (Å²) in [5, 5.41) is 13.1. The maximum atomic E-state index is 9.67. The average molecular weight is 232 g/mol. The molecular weight excluding hydrogens is 212 g/mol. The van der Waals surface area contributed by atoms with Gasteiger partial charge in [-0.05, 0) is 24.5 Å². The van der Waals surface area contributed by atoms with Gasteiger partial charge in [0.15, 0.2) is 0 Å². The number of hydrogen-bond donors (Lipinski definition) is 2. The summed E-state index contributed by atoms with van der Waals surface area (Å²) in [5.74, 6) is 0. The molecule has 0 aromatic heterocycles. The second-order valence-corrected chi connectivity index (χ2v) is 5.31. The first-order valence-electron chi connectivity index (χ1n) is 6.46. The van der Waals surface area contributed by atoms with Crippen LogP contribution in [0.2, 0.25) is 0 Å². The van der Waals surface area contributed by atoms with Gasteiger partial charge in [-0.2, -0.15) is 0 Å². The van der Waals surface area contributed by atoms with Crippen molar-refractivity contribution in [1.82, 2.24) is 10.2 Å². The van der Waals surface area contributed by atoms with Crippen LogP contribution in [-0.4, -0.2) is 41.3 Å². The molecule has 0 radical (unpaired) electrons. The van der Waals surface area contributed by atoms with Gasteiger partial charge < -0.3 is 10.4 Å². The lowest BCUT2D eigenvalue weighted by Crippen LogP contribution is -2.60. The predicted molar refractivity (Wildman–Crippen MR) is 67.8 cm³/mol. The van der Waals surface area contributed by atoms with E-state index in [4.69, 9.17) is 0 Å². The van der Waals surface area contributed by atoms with Gasteiger partial charge in [0, 0.05) is 31.7 Å². The highest BCUT2D eigenvalue weighted by atomic mass is 16.3. The van der Waals surface area contributed by atoms with Gasteiger partial charge >= 0.3 is 0 Å². The summed E-state index contributed by atoms with van der Waals surface area (Å²) >= 11 is 0. The van der Waals surface area contributed by atoms with E-state index in [1.165, 1.54) is 11.1 Å². The number of hydrogen-bond acceptors (Lipinski definition) is 3. The zero-order chi connectivity index (χ0) is 11.8. The van der Waals surface area contributed by atoms with E-state index in [0.29, 0.717) is 6.04 Å². The van der Waals surface area contributed by atoms with Crippen LogP contribution in [0.3, 0.4) is 0 Å². The van der Waals surface area contributed by atoms with Crippen LogP contribution in [0.15, 0.2) is 24.3 Å². The van der Waals surface area contributed by atoms with Crippen LogP contribution in [0.5, 0.6) is 0 Å². The van der Waals surface area contributed by atoms with E-state index < -0.39 is 0 Å². The molecule has 1 aromatic carbocycles. The molecule has 3 nitrogen and oxygen atoms in total. The predicted octanol–water partition coefficient (Wildman–Crippen LogP) is 0.766. The van der Waals surface area contributed by atoms with Crippen molar-refractivity contribution < 1.29 is 5.11 Å². The Balaban J connectivity index is 1.78. The molecule has 3 heteroatoms. The average Bonchev–Trinajstić information content (AvgIpc) is 2.35. The molecular formula is C14H20N2O. The number of aliphatic hydroxyl groups excluding tert-OH is 1. The van der Waals surface area contributed by atoms with E-state index in [1.807, 2.05) is 6.92 Å². The summed E-state index contributed by atoms with van der Waals surface area (Å²) in [4.78, 5) is 2.51. The molecule has 3 rings (SSSR count). The van der Waals surface area contributed by atoms with E-state index in [9.17, 15) is 5.11 Å². The quantitative estimate of drug-likeness (QED) is 0.750. The number of nitrogens with one attached hydrogen (secondary N) is 1. The van der Waals surface area contributed by atoms with Gasteiger partial charge in [0.25, 0.3) is 0 Å². The van der Waals surface area contributed by atoms with E-state index in [1.54, 1.807) is 0 Å². The van der Waals surface area contributed by atoms with Crippen molar-refractivity contribution in [2.45, 2.75) is 38.1 Å². The largest absolute Gasteiger partial charge is 0.392 e. The first-order valence-corrected chi connectivity index (χ1v) is 6.46. The lowest BCUT2D eigenvalue weighted by atomic mass is 9.91. The molecule has 3 atom stereocenters. The summed E-state index contributed by atoms with van der Waals surface area (Å²) in [6.45, 7) is 4.85. The van der Waals surface area contributed by atoms with Crippen LogP contribution in [0.1, 0.15) is 18.1 Å². The van der Waals surface area contributed by atoms with Gasteiger partial charge in [0.2, 0.25) is 0 Å². The standard InChI is InChI=1S/C14H20N2O/c1-10(17)14-9-16-8-12-5-3-2-4-11(12)6-13(16)7-15-14/h2-5,10,13-15,17H,6-9H2,1H3/t10-,13+,14-/m0/s1. The lowest BCUT2D eigenvalue weighted by Gasteiger charge is -2.44. The Morgan fingerprint density at radius 1 is 1.35 bits per heavy atom. The summed E-state index contributed by atoms with van der Waals surface area (Å²) in [6.07, 6.45) is 0.864. The van der Waals surface area contributed by atoms with Crippen LogP contribution in [0, 0.1) is 0 Å². The van der Waals surface area contributed by atoms with Crippen molar-refractivity contribution >= 4 is 0 Å². The molecule has 1 aromatic rings. The molecule has 1 saturated heterocycles. The molecule has 0 unspecified atom stereocenters. The number of nitrogens with zero attached hydrogens (tertiary/aromatic N) is 1. The number of aliphatic hydroxyl groups is 1.